The van der Waals surface area contributed by atoms with Gasteiger partial charge in [-0.2, -0.15) is 5.10 Å². The van der Waals surface area contributed by atoms with Crippen LogP contribution in [0.25, 0.3) is 0 Å². The summed E-state index contributed by atoms with van der Waals surface area (Å²) in [4.78, 5) is 23.1. The van der Waals surface area contributed by atoms with Crippen LogP contribution >= 0.6 is 7.60 Å². The molecule has 0 saturated carbocycles. The minimum absolute atomic E-state index is 0.229. The van der Waals surface area contributed by atoms with E-state index in [1.807, 2.05) is 59.3 Å². The molecule has 3 N–H and O–H groups in total. The number of nitrogens with zero attached hydrogens (tertiary/aromatic N) is 3. The van der Waals surface area contributed by atoms with Gasteiger partial charge in [-0.25, -0.2) is 9.67 Å². The first kappa shape index (κ1) is 20.8. The minimum atomic E-state index is -4.11. The summed E-state index contributed by atoms with van der Waals surface area (Å²) in [6, 6.07) is 29.8. The van der Waals surface area contributed by atoms with Gasteiger partial charge in [0, 0.05) is 6.04 Å². The van der Waals surface area contributed by atoms with Crippen LogP contribution in [0, 0.1) is 0 Å². The van der Waals surface area contributed by atoms with Crippen LogP contribution in [0.15, 0.2) is 97.3 Å². The van der Waals surface area contributed by atoms with E-state index in [0.717, 1.165) is 16.7 Å². The van der Waals surface area contributed by atoms with Crippen molar-refractivity contribution in [2.24, 2.45) is 0 Å². The normalized spacial score (nSPS) is 18.4. The number of rotatable bonds is 7. The third-order valence-corrected chi connectivity index (χ3v) is 6.70. The van der Waals surface area contributed by atoms with Gasteiger partial charge in [-0.1, -0.05) is 91.0 Å². The first-order valence-corrected chi connectivity index (χ1v) is 12.2. The summed E-state index contributed by atoms with van der Waals surface area (Å²) in [6.45, 7) is 0. The molecule has 0 bridgehead atoms. The number of hydrogen-bond acceptors (Lipinski definition) is 4. The molecule has 1 fully saturated rings. The van der Waals surface area contributed by atoms with E-state index in [1.54, 1.807) is 6.33 Å². The second-order valence-corrected chi connectivity index (χ2v) is 9.65. The van der Waals surface area contributed by atoms with E-state index < -0.39 is 13.1 Å². The Hall–Kier alpha value is -3.09. The predicted octanol–water partition coefficient (Wildman–Crippen LogP) is 3.31. The van der Waals surface area contributed by atoms with Crippen molar-refractivity contribution in [3.05, 3.63) is 120 Å². The molecule has 0 spiro atoms. The zero-order valence-corrected chi connectivity index (χ0v) is 18.1. The smallest absolute Gasteiger partial charge is 0.324 e. The average molecular weight is 446 g/mol. The summed E-state index contributed by atoms with van der Waals surface area (Å²) in [6.07, 6.45) is 1.48. The number of benzene rings is 3. The van der Waals surface area contributed by atoms with Gasteiger partial charge in [-0.3, -0.25) is 4.57 Å². The maximum Gasteiger partial charge on any atom is 0.327 e. The summed E-state index contributed by atoms with van der Waals surface area (Å²) >= 11 is 0. The van der Waals surface area contributed by atoms with Crippen LogP contribution in [-0.4, -0.2) is 36.8 Å². The Kier molecular flexibility index (Phi) is 5.27. The lowest BCUT2D eigenvalue weighted by molar-refractivity contribution is 0.372. The third-order valence-electron chi connectivity index (χ3n) is 5.83. The van der Waals surface area contributed by atoms with Crippen molar-refractivity contribution < 1.29 is 14.4 Å². The van der Waals surface area contributed by atoms with Crippen molar-refractivity contribution in [1.82, 2.24) is 20.1 Å². The van der Waals surface area contributed by atoms with E-state index in [1.165, 1.54) is 0 Å². The molecule has 0 radical (unpaired) electrons. The number of aromatic nitrogens is 3. The van der Waals surface area contributed by atoms with Gasteiger partial charge in [0.05, 0.1) is 12.2 Å². The van der Waals surface area contributed by atoms with E-state index in [9.17, 15) is 14.4 Å². The molecule has 8 heteroatoms. The van der Waals surface area contributed by atoms with Crippen molar-refractivity contribution in [1.29, 1.82) is 0 Å². The van der Waals surface area contributed by atoms with Gasteiger partial charge in [0.25, 0.3) is 0 Å². The average Bonchev–Trinajstić information content (AvgIpc) is 3.37. The van der Waals surface area contributed by atoms with Crippen molar-refractivity contribution in [2.45, 2.75) is 17.6 Å². The van der Waals surface area contributed by atoms with E-state index in [0.29, 0.717) is 5.82 Å². The van der Waals surface area contributed by atoms with E-state index in [4.69, 9.17) is 5.10 Å². The number of nitrogens with one attached hydrogen (secondary N) is 1. The topological polar surface area (TPSA) is 110 Å². The molecule has 5 rings (SSSR count). The molecule has 1 aliphatic heterocycles. The molecule has 2 atom stereocenters. The summed E-state index contributed by atoms with van der Waals surface area (Å²) in [7, 11) is -4.11. The second kappa shape index (κ2) is 8.11. The van der Waals surface area contributed by atoms with Crippen LogP contribution in [0.4, 0.5) is 0 Å². The standard InChI is InChI=1S/C24H23N4O3P/c29-32(30,31)16-21-22(26-21)23-25-17-28(27-23)24(18-10-4-1-5-11-18,19-12-6-2-7-13-19)20-14-8-3-9-15-20/h1-15,17,21-22,26H,16H2,(H2,29,30,31). The molecular formula is C24H23N4O3P. The first-order chi connectivity index (χ1) is 15.5. The molecule has 0 amide bonds. The van der Waals surface area contributed by atoms with Crippen LogP contribution in [-0.2, 0) is 10.1 Å². The van der Waals surface area contributed by atoms with Gasteiger partial charge in [-0.15, -0.1) is 0 Å². The van der Waals surface area contributed by atoms with Crippen molar-refractivity contribution in [3.8, 4) is 0 Å². The fourth-order valence-corrected chi connectivity index (χ4v) is 5.19. The Morgan fingerprint density at radius 3 is 1.75 bits per heavy atom. The maximum atomic E-state index is 11.4. The van der Waals surface area contributed by atoms with E-state index in [-0.39, 0.29) is 18.2 Å². The monoisotopic (exact) mass is 446 g/mol. The Labute approximate surface area is 185 Å². The Balaban J connectivity index is 1.67. The van der Waals surface area contributed by atoms with Crippen molar-refractivity contribution in [2.75, 3.05) is 6.16 Å². The quantitative estimate of drug-likeness (QED) is 0.228. The lowest BCUT2D eigenvalue weighted by atomic mass is 9.77. The molecule has 0 aliphatic carbocycles. The zero-order valence-electron chi connectivity index (χ0n) is 17.2. The Morgan fingerprint density at radius 1 is 0.844 bits per heavy atom. The fraction of sp³-hybridized carbons (Fsp3) is 0.167. The highest BCUT2D eigenvalue weighted by Gasteiger charge is 2.46. The van der Waals surface area contributed by atoms with Gasteiger partial charge in [0.2, 0.25) is 0 Å². The summed E-state index contributed by atoms with van der Waals surface area (Å²) in [5.41, 5.74) is 2.33. The molecule has 2 unspecified atom stereocenters. The highest BCUT2D eigenvalue weighted by atomic mass is 31.2. The fourth-order valence-electron chi connectivity index (χ4n) is 4.36. The predicted molar refractivity (Wildman–Crippen MR) is 121 cm³/mol. The van der Waals surface area contributed by atoms with Gasteiger partial charge in [-0.05, 0) is 16.7 Å². The van der Waals surface area contributed by atoms with E-state index >= 15 is 0 Å². The largest absolute Gasteiger partial charge is 0.327 e. The molecule has 2 heterocycles. The molecule has 1 saturated heterocycles. The van der Waals surface area contributed by atoms with Gasteiger partial charge in [0.15, 0.2) is 5.82 Å². The first-order valence-electron chi connectivity index (χ1n) is 10.4. The highest BCUT2D eigenvalue weighted by molar-refractivity contribution is 7.51. The molecule has 162 valence electrons. The molecule has 3 aromatic carbocycles. The van der Waals surface area contributed by atoms with Crippen LogP contribution in [0.1, 0.15) is 28.6 Å². The van der Waals surface area contributed by atoms with Gasteiger partial charge < -0.3 is 15.1 Å². The minimum Gasteiger partial charge on any atom is -0.324 e. The van der Waals surface area contributed by atoms with Crippen molar-refractivity contribution in [3.63, 3.8) is 0 Å². The molecule has 1 aliphatic rings. The summed E-state index contributed by atoms with van der Waals surface area (Å²) in [5, 5.41) is 7.94. The van der Waals surface area contributed by atoms with Crippen LogP contribution in [0.2, 0.25) is 0 Å². The SMILES string of the molecule is O=P(O)(O)CC1NC1c1ncn(C(c2ccccc2)(c2ccccc2)c2ccccc2)n1. The molecule has 32 heavy (non-hydrogen) atoms. The third kappa shape index (κ3) is 3.80. The highest BCUT2D eigenvalue weighted by Crippen LogP contribution is 2.43. The molecule has 1 aromatic heterocycles. The zero-order chi connectivity index (χ0) is 22.2. The lowest BCUT2D eigenvalue weighted by Gasteiger charge is -2.35. The molecular weight excluding hydrogens is 423 g/mol. The van der Waals surface area contributed by atoms with Gasteiger partial charge >= 0.3 is 7.60 Å². The van der Waals surface area contributed by atoms with Crippen molar-refractivity contribution >= 4 is 7.60 Å². The molecule has 7 nitrogen and oxygen atoms in total. The Morgan fingerprint density at radius 2 is 1.31 bits per heavy atom. The maximum absolute atomic E-state index is 11.4. The second-order valence-electron chi connectivity index (χ2n) is 7.95. The van der Waals surface area contributed by atoms with Crippen LogP contribution < -0.4 is 5.32 Å². The Bertz CT molecular complexity index is 1150. The summed E-state index contributed by atoms with van der Waals surface area (Å²) < 4.78 is 13.2. The number of hydrogen-bond donors (Lipinski definition) is 3. The van der Waals surface area contributed by atoms with Crippen LogP contribution in [0.3, 0.4) is 0 Å². The van der Waals surface area contributed by atoms with Crippen LogP contribution in [0.5, 0.6) is 0 Å². The lowest BCUT2D eigenvalue weighted by Crippen LogP contribution is -2.38. The molecule has 4 aromatic rings. The van der Waals surface area contributed by atoms with E-state index in [2.05, 4.69) is 46.7 Å². The van der Waals surface area contributed by atoms with Gasteiger partial charge in [0.1, 0.15) is 11.9 Å². The summed E-state index contributed by atoms with van der Waals surface area (Å²) in [5.74, 6) is 0.524.